The van der Waals surface area contributed by atoms with Crippen molar-refractivity contribution in [1.82, 2.24) is 0 Å². The van der Waals surface area contributed by atoms with E-state index < -0.39 is 29.3 Å². The standard InChI is InChI=1S/C42H28O10/c43-38(44)32-19-17-30(22-34(32)40(47)48)51-28-13-9-26(10-14-28)42(36-7-3-1-5-24(36)21-25-6-2-4-8-37(25)42)27-11-15-29(16-12-27)52-31-18-20-33(39(45)46)35(23-31)41(49)50/h1-20,22-23H,21H2,(H,43,44)(H,45,46)(H,47,48)(H,49,50). The van der Waals surface area contributed by atoms with E-state index in [0.29, 0.717) is 11.5 Å². The largest absolute Gasteiger partial charge is 0.478 e. The first-order chi connectivity index (χ1) is 25.1. The Morgan fingerprint density at radius 1 is 0.423 bits per heavy atom. The maximum atomic E-state index is 11.7. The smallest absolute Gasteiger partial charge is 0.336 e. The van der Waals surface area contributed by atoms with E-state index >= 15 is 0 Å². The van der Waals surface area contributed by atoms with Crippen molar-refractivity contribution in [2.45, 2.75) is 11.8 Å². The van der Waals surface area contributed by atoms with Gasteiger partial charge in [-0.1, -0.05) is 72.8 Å². The molecule has 0 unspecified atom stereocenters. The van der Waals surface area contributed by atoms with Gasteiger partial charge in [0.05, 0.1) is 27.7 Å². The lowest BCUT2D eigenvalue weighted by atomic mass is 9.60. The van der Waals surface area contributed by atoms with Crippen LogP contribution in [0.3, 0.4) is 0 Å². The molecule has 0 fully saturated rings. The van der Waals surface area contributed by atoms with Gasteiger partial charge >= 0.3 is 23.9 Å². The second-order valence-corrected chi connectivity index (χ2v) is 12.1. The zero-order chi connectivity index (χ0) is 36.6. The van der Waals surface area contributed by atoms with E-state index in [-0.39, 0.29) is 33.8 Å². The van der Waals surface area contributed by atoms with Gasteiger partial charge in [0.1, 0.15) is 23.0 Å². The highest BCUT2D eigenvalue weighted by atomic mass is 16.5. The minimum absolute atomic E-state index is 0.168. The number of carboxylic acids is 4. The molecule has 0 aromatic heterocycles. The van der Waals surface area contributed by atoms with Crippen LogP contribution in [0.25, 0.3) is 0 Å². The molecule has 0 aliphatic heterocycles. The molecule has 6 aromatic rings. The summed E-state index contributed by atoms with van der Waals surface area (Å²) in [6, 6.07) is 38.9. The van der Waals surface area contributed by atoms with E-state index in [1.54, 1.807) is 24.3 Å². The highest BCUT2D eigenvalue weighted by molar-refractivity contribution is 6.02. The lowest BCUT2D eigenvalue weighted by Crippen LogP contribution is -2.36. The zero-order valence-corrected chi connectivity index (χ0v) is 27.1. The molecule has 4 N–H and O–H groups in total. The Labute approximate surface area is 296 Å². The van der Waals surface area contributed by atoms with Gasteiger partial charge in [-0.25, -0.2) is 19.2 Å². The number of carbonyl (C=O) groups is 4. The lowest BCUT2D eigenvalue weighted by Gasteiger charge is -2.42. The second kappa shape index (κ2) is 13.3. The first-order valence-corrected chi connectivity index (χ1v) is 16.0. The minimum atomic E-state index is -1.38. The zero-order valence-electron chi connectivity index (χ0n) is 27.1. The number of carboxylic acid groups (broad SMARTS) is 4. The molecular weight excluding hydrogens is 664 g/mol. The van der Waals surface area contributed by atoms with Crippen molar-refractivity contribution >= 4 is 23.9 Å². The fourth-order valence-electron chi connectivity index (χ4n) is 6.94. The highest BCUT2D eigenvalue weighted by Gasteiger charge is 2.43. The minimum Gasteiger partial charge on any atom is -0.478 e. The normalized spacial score (nSPS) is 12.5. The highest BCUT2D eigenvalue weighted by Crippen LogP contribution is 2.51. The Morgan fingerprint density at radius 2 is 0.769 bits per heavy atom. The van der Waals surface area contributed by atoms with Gasteiger partial charge in [0, 0.05) is 0 Å². The Balaban J connectivity index is 1.31. The third-order valence-corrected chi connectivity index (χ3v) is 9.17. The molecule has 1 aliphatic rings. The average molecular weight is 693 g/mol. The Morgan fingerprint density at radius 3 is 1.13 bits per heavy atom. The molecule has 0 heterocycles. The molecule has 0 spiro atoms. The molecular formula is C42H28O10. The van der Waals surface area contributed by atoms with Gasteiger partial charge in [-0.2, -0.15) is 0 Å². The summed E-state index contributed by atoms with van der Waals surface area (Å²) >= 11 is 0. The SMILES string of the molecule is O=C(O)c1ccc(Oc2ccc(C3(c4ccc(Oc5ccc(C(=O)O)c(C(=O)O)c5)cc4)c4ccccc4Cc4ccccc43)cc2)cc1C(=O)O. The molecule has 10 heteroatoms. The molecule has 0 atom stereocenters. The first kappa shape index (κ1) is 33.3. The topological polar surface area (TPSA) is 168 Å². The number of fused-ring (bicyclic) bond motifs is 2. The van der Waals surface area contributed by atoms with Crippen LogP contribution < -0.4 is 9.47 Å². The summed E-state index contributed by atoms with van der Waals surface area (Å²) in [7, 11) is 0. The number of hydrogen-bond donors (Lipinski definition) is 4. The predicted molar refractivity (Wildman–Crippen MR) is 188 cm³/mol. The van der Waals surface area contributed by atoms with Crippen LogP contribution in [0.4, 0.5) is 0 Å². The van der Waals surface area contributed by atoms with Crippen molar-refractivity contribution in [2.75, 3.05) is 0 Å². The van der Waals surface area contributed by atoms with Crippen molar-refractivity contribution in [3.05, 3.63) is 189 Å². The molecule has 7 rings (SSSR count). The number of ether oxygens (including phenoxy) is 2. The monoisotopic (exact) mass is 692 g/mol. The molecule has 256 valence electrons. The Hall–Kier alpha value is -7.20. The van der Waals surface area contributed by atoms with Crippen molar-refractivity contribution in [1.29, 1.82) is 0 Å². The third kappa shape index (κ3) is 5.88. The lowest BCUT2D eigenvalue weighted by molar-refractivity contribution is 0.0651. The van der Waals surface area contributed by atoms with Crippen LogP contribution in [0.2, 0.25) is 0 Å². The average Bonchev–Trinajstić information content (AvgIpc) is 3.14. The number of rotatable bonds is 10. The number of hydrogen-bond acceptors (Lipinski definition) is 6. The maximum Gasteiger partial charge on any atom is 0.336 e. The quantitative estimate of drug-likeness (QED) is 0.109. The summed E-state index contributed by atoms with van der Waals surface area (Å²) in [5.74, 6) is -4.31. The van der Waals surface area contributed by atoms with E-state index in [1.165, 1.54) is 36.4 Å². The van der Waals surface area contributed by atoms with Crippen LogP contribution in [0.5, 0.6) is 23.0 Å². The summed E-state index contributed by atoms with van der Waals surface area (Å²) in [6.45, 7) is 0. The molecule has 1 aliphatic carbocycles. The molecule has 6 aromatic carbocycles. The van der Waals surface area contributed by atoms with Crippen molar-refractivity contribution in [3.8, 4) is 23.0 Å². The van der Waals surface area contributed by atoms with E-state index in [2.05, 4.69) is 24.3 Å². The summed E-state index contributed by atoms with van der Waals surface area (Å²) in [5, 5.41) is 37.9. The molecule has 10 nitrogen and oxygen atoms in total. The Kier molecular flexibility index (Phi) is 8.49. The Bertz CT molecular complexity index is 2230. The van der Waals surface area contributed by atoms with Gasteiger partial charge in [-0.3, -0.25) is 0 Å². The number of aromatic carboxylic acids is 4. The maximum absolute atomic E-state index is 11.7. The van der Waals surface area contributed by atoms with Crippen LogP contribution >= 0.6 is 0 Å². The first-order valence-electron chi connectivity index (χ1n) is 16.0. The fourth-order valence-corrected chi connectivity index (χ4v) is 6.94. The van der Waals surface area contributed by atoms with Crippen molar-refractivity contribution in [2.24, 2.45) is 0 Å². The van der Waals surface area contributed by atoms with Crippen LogP contribution in [0, 0.1) is 0 Å². The van der Waals surface area contributed by atoms with Gasteiger partial charge < -0.3 is 29.9 Å². The predicted octanol–water partition coefficient (Wildman–Crippen LogP) is 8.35. The van der Waals surface area contributed by atoms with E-state index in [9.17, 15) is 39.6 Å². The van der Waals surface area contributed by atoms with Gasteiger partial charge in [0.2, 0.25) is 0 Å². The van der Waals surface area contributed by atoms with Crippen LogP contribution in [-0.4, -0.2) is 44.3 Å². The van der Waals surface area contributed by atoms with Crippen LogP contribution in [-0.2, 0) is 11.8 Å². The van der Waals surface area contributed by atoms with Gasteiger partial charge in [0.15, 0.2) is 0 Å². The summed E-state index contributed by atoms with van der Waals surface area (Å²) < 4.78 is 12.0. The number of benzene rings is 6. The molecule has 0 amide bonds. The van der Waals surface area contributed by atoms with Crippen molar-refractivity contribution in [3.63, 3.8) is 0 Å². The van der Waals surface area contributed by atoms with E-state index in [4.69, 9.17) is 9.47 Å². The summed E-state index contributed by atoms with van der Waals surface area (Å²) in [6.07, 6.45) is 0.729. The van der Waals surface area contributed by atoms with Crippen LogP contribution in [0.1, 0.15) is 74.8 Å². The fraction of sp³-hybridized carbons (Fsp3) is 0.0476. The van der Waals surface area contributed by atoms with E-state index in [0.717, 1.165) is 39.8 Å². The van der Waals surface area contributed by atoms with Crippen LogP contribution in [0.15, 0.2) is 133 Å². The summed E-state index contributed by atoms with van der Waals surface area (Å²) in [5.41, 5.74) is 3.99. The second-order valence-electron chi connectivity index (χ2n) is 12.1. The van der Waals surface area contributed by atoms with Gasteiger partial charge in [-0.15, -0.1) is 0 Å². The van der Waals surface area contributed by atoms with E-state index in [1.807, 2.05) is 48.5 Å². The van der Waals surface area contributed by atoms with Crippen molar-refractivity contribution < 1.29 is 49.1 Å². The van der Waals surface area contributed by atoms with Gasteiger partial charge in [-0.05, 0) is 100 Å². The third-order valence-electron chi connectivity index (χ3n) is 9.17. The molecule has 52 heavy (non-hydrogen) atoms. The molecule has 0 saturated heterocycles. The van der Waals surface area contributed by atoms with Gasteiger partial charge in [0.25, 0.3) is 0 Å². The molecule has 0 bridgehead atoms. The molecule has 0 saturated carbocycles. The molecule has 0 radical (unpaired) electrons. The summed E-state index contributed by atoms with van der Waals surface area (Å²) in [4.78, 5) is 46.5.